The molecule has 4 heteroatoms. The number of carboxylic acid groups (broad SMARTS) is 1. The molecule has 0 fully saturated rings. The SMILES string of the molecule is Cc1cc(C)c2c(c1)[C@@H](C(=O)O)CC(=O)N2. The first-order chi connectivity index (χ1) is 7.49. The van der Waals surface area contributed by atoms with Crippen molar-refractivity contribution in [2.45, 2.75) is 26.2 Å². The Kier molecular flexibility index (Phi) is 2.42. The number of fused-ring (bicyclic) bond motifs is 1. The second-order valence-electron chi connectivity index (χ2n) is 4.19. The standard InChI is InChI=1S/C12H13NO3/c1-6-3-7(2)11-8(4-6)9(12(15)16)5-10(14)13-11/h3-4,9H,5H2,1-2H3,(H,13,14)(H,15,16)/t9-/m0/s1. The molecule has 16 heavy (non-hydrogen) atoms. The van der Waals surface area contributed by atoms with E-state index in [9.17, 15) is 9.59 Å². The fourth-order valence-electron chi connectivity index (χ4n) is 2.15. The quantitative estimate of drug-likeness (QED) is 0.757. The van der Waals surface area contributed by atoms with Gasteiger partial charge in [0.1, 0.15) is 0 Å². The lowest BCUT2D eigenvalue weighted by atomic mass is 9.88. The van der Waals surface area contributed by atoms with Crippen LogP contribution in [-0.2, 0) is 9.59 Å². The molecule has 1 aromatic carbocycles. The Hall–Kier alpha value is -1.84. The molecule has 1 atom stereocenters. The minimum atomic E-state index is -0.943. The first-order valence-electron chi connectivity index (χ1n) is 5.13. The second-order valence-corrected chi connectivity index (χ2v) is 4.19. The second kappa shape index (κ2) is 3.63. The number of rotatable bonds is 1. The minimum Gasteiger partial charge on any atom is -0.481 e. The van der Waals surface area contributed by atoms with Crippen LogP contribution in [0.4, 0.5) is 5.69 Å². The average molecular weight is 219 g/mol. The number of hydrogen-bond acceptors (Lipinski definition) is 2. The summed E-state index contributed by atoms with van der Waals surface area (Å²) in [7, 11) is 0. The zero-order valence-corrected chi connectivity index (χ0v) is 9.20. The molecule has 0 saturated carbocycles. The molecule has 1 amide bonds. The summed E-state index contributed by atoms with van der Waals surface area (Å²) in [6.07, 6.45) is 0.0191. The molecule has 1 aromatic rings. The summed E-state index contributed by atoms with van der Waals surface area (Å²) in [6.45, 7) is 3.79. The van der Waals surface area contributed by atoms with Crippen LogP contribution in [0.1, 0.15) is 29.0 Å². The fraction of sp³-hybridized carbons (Fsp3) is 0.333. The van der Waals surface area contributed by atoms with E-state index in [1.165, 1.54) is 0 Å². The molecule has 0 aliphatic carbocycles. The highest BCUT2D eigenvalue weighted by atomic mass is 16.4. The molecule has 2 rings (SSSR count). The molecule has 1 aliphatic rings. The van der Waals surface area contributed by atoms with Crippen molar-refractivity contribution in [3.63, 3.8) is 0 Å². The van der Waals surface area contributed by atoms with E-state index in [2.05, 4.69) is 5.32 Å². The average Bonchev–Trinajstić information content (AvgIpc) is 2.18. The number of carbonyl (C=O) groups is 2. The van der Waals surface area contributed by atoms with Crippen LogP contribution >= 0.6 is 0 Å². The fourth-order valence-corrected chi connectivity index (χ4v) is 2.15. The lowest BCUT2D eigenvalue weighted by Gasteiger charge is -2.24. The van der Waals surface area contributed by atoms with Gasteiger partial charge in [-0.2, -0.15) is 0 Å². The Morgan fingerprint density at radius 2 is 2.12 bits per heavy atom. The molecule has 0 saturated heterocycles. The van der Waals surface area contributed by atoms with Gasteiger partial charge in [-0.05, 0) is 25.0 Å². The molecule has 0 spiro atoms. The number of amides is 1. The normalized spacial score (nSPS) is 18.9. The van der Waals surface area contributed by atoms with E-state index in [1.54, 1.807) is 0 Å². The van der Waals surface area contributed by atoms with Crippen LogP contribution in [0.15, 0.2) is 12.1 Å². The molecule has 0 bridgehead atoms. The van der Waals surface area contributed by atoms with Crippen LogP contribution in [0.5, 0.6) is 0 Å². The molecular formula is C12H13NO3. The van der Waals surface area contributed by atoms with Gasteiger partial charge in [-0.3, -0.25) is 9.59 Å². The zero-order valence-electron chi connectivity index (χ0n) is 9.20. The number of aryl methyl sites for hydroxylation is 2. The van der Waals surface area contributed by atoms with Crippen LogP contribution in [-0.4, -0.2) is 17.0 Å². The third kappa shape index (κ3) is 1.66. The highest BCUT2D eigenvalue weighted by molar-refractivity contribution is 6.00. The molecule has 1 aliphatic heterocycles. The summed E-state index contributed by atoms with van der Waals surface area (Å²) in [5, 5.41) is 11.8. The third-order valence-corrected chi connectivity index (χ3v) is 2.84. The predicted octanol–water partition coefficient (Wildman–Crippen LogP) is 1.81. The van der Waals surface area contributed by atoms with Crippen LogP contribution < -0.4 is 5.32 Å². The lowest BCUT2D eigenvalue weighted by Crippen LogP contribution is -2.28. The number of carboxylic acids is 1. The summed E-state index contributed by atoms with van der Waals surface area (Å²) in [6, 6.07) is 3.77. The molecule has 2 N–H and O–H groups in total. The first-order valence-corrected chi connectivity index (χ1v) is 5.13. The van der Waals surface area contributed by atoms with Crippen molar-refractivity contribution in [3.05, 3.63) is 28.8 Å². The van der Waals surface area contributed by atoms with E-state index < -0.39 is 11.9 Å². The molecule has 4 nitrogen and oxygen atoms in total. The summed E-state index contributed by atoms with van der Waals surface area (Å²) in [5.41, 5.74) is 3.30. The predicted molar refractivity (Wildman–Crippen MR) is 59.5 cm³/mol. The van der Waals surface area contributed by atoms with Gasteiger partial charge in [0, 0.05) is 12.1 Å². The van der Waals surface area contributed by atoms with Gasteiger partial charge in [0.05, 0.1) is 5.92 Å². The van der Waals surface area contributed by atoms with Crippen molar-refractivity contribution in [3.8, 4) is 0 Å². The number of benzene rings is 1. The highest BCUT2D eigenvalue weighted by Gasteiger charge is 2.31. The van der Waals surface area contributed by atoms with Crippen molar-refractivity contribution in [1.82, 2.24) is 0 Å². The number of anilines is 1. The number of hydrogen-bond donors (Lipinski definition) is 2. The summed E-state index contributed by atoms with van der Waals surface area (Å²) in [4.78, 5) is 22.5. The Balaban J connectivity index is 2.61. The smallest absolute Gasteiger partial charge is 0.311 e. The molecule has 0 radical (unpaired) electrons. The van der Waals surface area contributed by atoms with E-state index in [0.717, 1.165) is 11.1 Å². The first kappa shape index (κ1) is 10.7. The topological polar surface area (TPSA) is 66.4 Å². The van der Waals surface area contributed by atoms with Gasteiger partial charge in [0.15, 0.2) is 0 Å². The maximum Gasteiger partial charge on any atom is 0.311 e. The Labute approximate surface area is 93.3 Å². The van der Waals surface area contributed by atoms with E-state index in [4.69, 9.17) is 5.11 Å². The minimum absolute atomic E-state index is 0.0191. The van der Waals surface area contributed by atoms with Crippen molar-refractivity contribution in [1.29, 1.82) is 0 Å². The monoisotopic (exact) mass is 219 g/mol. The van der Waals surface area contributed by atoms with Crippen LogP contribution in [0, 0.1) is 13.8 Å². The van der Waals surface area contributed by atoms with Crippen LogP contribution in [0.2, 0.25) is 0 Å². The number of nitrogens with one attached hydrogen (secondary N) is 1. The number of carbonyl (C=O) groups excluding carboxylic acids is 1. The molecule has 0 unspecified atom stereocenters. The summed E-state index contributed by atoms with van der Waals surface area (Å²) in [5.74, 6) is -1.89. The Morgan fingerprint density at radius 1 is 1.44 bits per heavy atom. The molecule has 1 heterocycles. The Morgan fingerprint density at radius 3 is 2.75 bits per heavy atom. The maximum absolute atomic E-state index is 11.4. The third-order valence-electron chi connectivity index (χ3n) is 2.84. The van der Waals surface area contributed by atoms with Crippen molar-refractivity contribution in [2.75, 3.05) is 5.32 Å². The van der Waals surface area contributed by atoms with Gasteiger partial charge in [-0.1, -0.05) is 17.7 Å². The molecule has 0 aromatic heterocycles. The van der Waals surface area contributed by atoms with E-state index in [-0.39, 0.29) is 12.3 Å². The van der Waals surface area contributed by atoms with Crippen molar-refractivity contribution >= 4 is 17.6 Å². The number of aliphatic carboxylic acids is 1. The molecular weight excluding hydrogens is 206 g/mol. The van der Waals surface area contributed by atoms with Gasteiger partial charge >= 0.3 is 5.97 Å². The van der Waals surface area contributed by atoms with Gasteiger partial charge in [-0.15, -0.1) is 0 Å². The summed E-state index contributed by atoms with van der Waals surface area (Å²) >= 11 is 0. The van der Waals surface area contributed by atoms with Crippen molar-refractivity contribution < 1.29 is 14.7 Å². The van der Waals surface area contributed by atoms with Crippen LogP contribution in [0.25, 0.3) is 0 Å². The van der Waals surface area contributed by atoms with E-state index in [0.29, 0.717) is 11.3 Å². The molecule has 84 valence electrons. The van der Waals surface area contributed by atoms with Crippen molar-refractivity contribution in [2.24, 2.45) is 0 Å². The maximum atomic E-state index is 11.4. The highest BCUT2D eigenvalue weighted by Crippen LogP contribution is 2.35. The lowest BCUT2D eigenvalue weighted by molar-refractivity contribution is -0.140. The largest absolute Gasteiger partial charge is 0.481 e. The van der Waals surface area contributed by atoms with Gasteiger partial charge in [0.25, 0.3) is 0 Å². The van der Waals surface area contributed by atoms with E-state index >= 15 is 0 Å². The van der Waals surface area contributed by atoms with Gasteiger partial charge in [-0.25, -0.2) is 0 Å². The summed E-state index contributed by atoms with van der Waals surface area (Å²) < 4.78 is 0. The van der Waals surface area contributed by atoms with E-state index in [1.807, 2.05) is 26.0 Å². The zero-order chi connectivity index (χ0) is 11.9. The van der Waals surface area contributed by atoms with Gasteiger partial charge in [0.2, 0.25) is 5.91 Å². The Bertz CT molecular complexity index is 479. The van der Waals surface area contributed by atoms with Gasteiger partial charge < -0.3 is 10.4 Å². The van der Waals surface area contributed by atoms with Crippen LogP contribution in [0.3, 0.4) is 0 Å².